The molecule has 2 aromatic carbocycles. The van der Waals surface area contributed by atoms with E-state index in [-0.39, 0.29) is 17.7 Å². The molecular weight excluding hydrogens is 364 g/mol. The highest BCUT2D eigenvalue weighted by Gasteiger charge is 2.34. The lowest BCUT2D eigenvalue weighted by atomic mass is 9.86. The van der Waals surface area contributed by atoms with Crippen LogP contribution >= 0.6 is 0 Å². The molecule has 1 amide bonds. The Kier molecular flexibility index (Phi) is 5.21. The standard InChI is InChI=1S/C24H24N2O3/c1-16-15-20-21(9-6-10-22(20)27)26(25-24(28)18-7-4-3-5-8-18)23(16)17-11-13-19(29-2)14-12-17/h3-5,7-8,11-15,23H,6,9-10H2,1-2H3,(H,25,28). The van der Waals surface area contributed by atoms with Crippen molar-refractivity contribution in [2.24, 2.45) is 0 Å². The fourth-order valence-electron chi connectivity index (χ4n) is 4.02. The number of ether oxygens (including phenoxy) is 1. The van der Waals surface area contributed by atoms with Gasteiger partial charge in [0.25, 0.3) is 5.91 Å². The van der Waals surface area contributed by atoms with E-state index in [9.17, 15) is 9.59 Å². The normalized spacial score (nSPS) is 18.8. The van der Waals surface area contributed by atoms with Gasteiger partial charge in [-0.05, 0) is 61.2 Å². The van der Waals surface area contributed by atoms with E-state index in [1.807, 2.05) is 60.5 Å². The molecule has 2 aliphatic rings. The zero-order valence-electron chi connectivity index (χ0n) is 16.6. The number of nitrogens with one attached hydrogen (secondary N) is 1. The number of ketones is 1. The lowest BCUT2D eigenvalue weighted by Crippen LogP contribution is -2.47. The van der Waals surface area contributed by atoms with Gasteiger partial charge in [-0.25, -0.2) is 0 Å². The van der Waals surface area contributed by atoms with Gasteiger partial charge >= 0.3 is 0 Å². The average Bonchev–Trinajstić information content (AvgIpc) is 2.75. The van der Waals surface area contributed by atoms with Crippen LogP contribution in [0.25, 0.3) is 0 Å². The molecule has 2 aromatic rings. The Morgan fingerprint density at radius 3 is 2.48 bits per heavy atom. The fourth-order valence-corrected chi connectivity index (χ4v) is 4.02. The fraction of sp³-hybridized carbons (Fsp3) is 0.250. The van der Waals surface area contributed by atoms with Crippen LogP contribution in [0.5, 0.6) is 5.75 Å². The number of methoxy groups -OCH3 is 1. The molecule has 0 bridgehead atoms. The van der Waals surface area contributed by atoms with E-state index < -0.39 is 0 Å². The minimum Gasteiger partial charge on any atom is -0.497 e. The van der Waals surface area contributed by atoms with Gasteiger partial charge in [-0.3, -0.25) is 20.0 Å². The molecule has 0 saturated heterocycles. The van der Waals surface area contributed by atoms with Gasteiger partial charge in [0, 0.05) is 23.3 Å². The van der Waals surface area contributed by atoms with E-state index in [4.69, 9.17) is 4.74 Å². The molecule has 148 valence electrons. The number of hydrogen-bond acceptors (Lipinski definition) is 4. The van der Waals surface area contributed by atoms with Crippen LogP contribution < -0.4 is 10.2 Å². The van der Waals surface area contributed by atoms with E-state index in [1.54, 1.807) is 19.2 Å². The summed E-state index contributed by atoms with van der Waals surface area (Å²) in [7, 11) is 1.64. The molecule has 4 rings (SSSR count). The van der Waals surface area contributed by atoms with E-state index in [0.29, 0.717) is 17.6 Å². The molecule has 1 aliphatic carbocycles. The lowest BCUT2D eigenvalue weighted by Gasteiger charge is -2.41. The smallest absolute Gasteiger partial charge is 0.269 e. The number of hydrazine groups is 1. The van der Waals surface area contributed by atoms with Crippen LogP contribution in [0.3, 0.4) is 0 Å². The van der Waals surface area contributed by atoms with Crippen molar-refractivity contribution in [3.05, 3.63) is 88.6 Å². The molecule has 1 unspecified atom stereocenters. The predicted molar refractivity (Wildman–Crippen MR) is 111 cm³/mol. The Morgan fingerprint density at radius 2 is 1.79 bits per heavy atom. The number of carbonyl (C=O) groups is 2. The summed E-state index contributed by atoms with van der Waals surface area (Å²) in [6.45, 7) is 2.00. The maximum atomic E-state index is 13.0. The van der Waals surface area contributed by atoms with E-state index in [1.165, 1.54) is 0 Å². The van der Waals surface area contributed by atoms with Crippen molar-refractivity contribution in [1.82, 2.24) is 10.4 Å². The van der Waals surface area contributed by atoms with E-state index in [0.717, 1.165) is 35.4 Å². The van der Waals surface area contributed by atoms with E-state index in [2.05, 4.69) is 5.43 Å². The van der Waals surface area contributed by atoms with Crippen molar-refractivity contribution < 1.29 is 14.3 Å². The highest BCUT2D eigenvalue weighted by Crippen LogP contribution is 2.40. The molecule has 1 aliphatic heterocycles. The molecule has 0 aromatic heterocycles. The van der Waals surface area contributed by atoms with Crippen molar-refractivity contribution in [2.45, 2.75) is 32.2 Å². The SMILES string of the molecule is COc1ccc(C2C(C)=CC3=C(CCCC3=O)N2NC(=O)c2ccccc2)cc1. The lowest BCUT2D eigenvalue weighted by molar-refractivity contribution is -0.116. The number of nitrogens with zero attached hydrogens (tertiary/aromatic N) is 1. The Hall–Kier alpha value is -3.34. The van der Waals surface area contributed by atoms with Gasteiger partial charge in [0.1, 0.15) is 5.75 Å². The second kappa shape index (κ2) is 7.95. The van der Waals surface area contributed by atoms with Gasteiger partial charge in [-0.15, -0.1) is 0 Å². The predicted octanol–water partition coefficient (Wildman–Crippen LogP) is 4.35. The number of rotatable bonds is 4. The molecule has 0 radical (unpaired) electrons. The summed E-state index contributed by atoms with van der Waals surface area (Å²) in [5.41, 5.74) is 7.29. The summed E-state index contributed by atoms with van der Waals surface area (Å²) in [6.07, 6.45) is 4.08. The molecule has 29 heavy (non-hydrogen) atoms. The molecule has 1 N–H and O–H groups in total. The van der Waals surface area contributed by atoms with Gasteiger partial charge in [-0.1, -0.05) is 30.3 Å². The van der Waals surface area contributed by atoms with Crippen LogP contribution in [0, 0.1) is 0 Å². The molecule has 0 fully saturated rings. The third kappa shape index (κ3) is 3.68. The summed E-state index contributed by atoms with van der Waals surface area (Å²) in [5.74, 6) is 0.722. The van der Waals surface area contributed by atoms with Crippen LogP contribution in [0.2, 0.25) is 0 Å². The summed E-state index contributed by atoms with van der Waals surface area (Å²) < 4.78 is 5.28. The van der Waals surface area contributed by atoms with Crippen molar-refractivity contribution in [3.63, 3.8) is 0 Å². The number of Topliss-reactive ketones (excluding diaryl/α,β-unsaturated/α-hetero) is 1. The molecule has 0 saturated carbocycles. The van der Waals surface area contributed by atoms with Gasteiger partial charge in [0.2, 0.25) is 0 Å². The molecular formula is C24H24N2O3. The topological polar surface area (TPSA) is 58.6 Å². The largest absolute Gasteiger partial charge is 0.497 e. The van der Waals surface area contributed by atoms with Crippen LogP contribution in [0.1, 0.15) is 48.1 Å². The van der Waals surface area contributed by atoms with Crippen LogP contribution in [-0.2, 0) is 4.79 Å². The number of allylic oxidation sites excluding steroid dienone is 3. The average molecular weight is 388 g/mol. The summed E-state index contributed by atoms with van der Waals surface area (Å²) in [4.78, 5) is 25.5. The van der Waals surface area contributed by atoms with E-state index >= 15 is 0 Å². The quantitative estimate of drug-likeness (QED) is 0.846. The zero-order valence-corrected chi connectivity index (χ0v) is 16.6. The summed E-state index contributed by atoms with van der Waals surface area (Å²) >= 11 is 0. The van der Waals surface area contributed by atoms with Crippen molar-refractivity contribution >= 4 is 11.7 Å². The van der Waals surface area contributed by atoms with Crippen LogP contribution in [-0.4, -0.2) is 23.8 Å². The number of benzene rings is 2. The Morgan fingerprint density at radius 1 is 1.07 bits per heavy atom. The Bertz CT molecular complexity index is 991. The van der Waals surface area contributed by atoms with Crippen molar-refractivity contribution in [1.29, 1.82) is 0 Å². The Labute approximate surface area is 170 Å². The molecule has 1 atom stereocenters. The van der Waals surface area contributed by atoms with Crippen molar-refractivity contribution in [3.8, 4) is 5.75 Å². The van der Waals surface area contributed by atoms with Crippen molar-refractivity contribution in [2.75, 3.05) is 7.11 Å². The maximum absolute atomic E-state index is 13.0. The maximum Gasteiger partial charge on any atom is 0.269 e. The van der Waals surface area contributed by atoms with Gasteiger partial charge in [0.05, 0.1) is 13.2 Å². The highest BCUT2D eigenvalue weighted by molar-refractivity contribution is 6.00. The monoisotopic (exact) mass is 388 g/mol. The molecule has 5 nitrogen and oxygen atoms in total. The first-order valence-corrected chi connectivity index (χ1v) is 9.82. The molecule has 5 heteroatoms. The minimum absolute atomic E-state index is 0.137. The van der Waals surface area contributed by atoms with Gasteiger partial charge < -0.3 is 4.74 Å². The first-order valence-electron chi connectivity index (χ1n) is 9.82. The molecule has 0 spiro atoms. The second-order valence-corrected chi connectivity index (χ2v) is 7.38. The highest BCUT2D eigenvalue weighted by atomic mass is 16.5. The van der Waals surface area contributed by atoms with Crippen LogP contribution in [0.4, 0.5) is 0 Å². The number of hydrogen-bond donors (Lipinski definition) is 1. The minimum atomic E-state index is -0.191. The zero-order chi connectivity index (χ0) is 20.4. The second-order valence-electron chi connectivity index (χ2n) is 7.38. The first-order chi connectivity index (χ1) is 14.1. The Balaban J connectivity index is 1.74. The number of carbonyl (C=O) groups excluding carboxylic acids is 2. The third-order valence-corrected chi connectivity index (χ3v) is 5.47. The third-order valence-electron chi connectivity index (χ3n) is 5.47. The first kappa shape index (κ1) is 19.0. The van der Waals surface area contributed by atoms with Gasteiger partial charge in [0.15, 0.2) is 5.78 Å². The number of amides is 1. The molecule has 1 heterocycles. The summed E-state index contributed by atoms with van der Waals surface area (Å²) in [6, 6.07) is 16.8. The summed E-state index contributed by atoms with van der Waals surface area (Å²) in [5, 5.41) is 1.89. The van der Waals surface area contributed by atoms with Gasteiger partial charge in [-0.2, -0.15) is 0 Å². The van der Waals surface area contributed by atoms with Crippen LogP contribution in [0.15, 0.2) is 77.5 Å².